The molecule has 0 bridgehead atoms. The van der Waals surface area contributed by atoms with Crippen molar-refractivity contribution in [3.8, 4) is 0 Å². The molecule has 0 aliphatic heterocycles. The number of methoxy groups -OCH3 is 1. The SMILES string of the molecule is COC(C(C)O)C1CC1. The average Bonchev–Trinajstić information content (AvgIpc) is 2.50. The van der Waals surface area contributed by atoms with Crippen LogP contribution in [0.15, 0.2) is 0 Å². The molecule has 0 aromatic rings. The van der Waals surface area contributed by atoms with Crippen molar-refractivity contribution < 1.29 is 9.84 Å². The van der Waals surface area contributed by atoms with Crippen LogP contribution in [0.25, 0.3) is 0 Å². The van der Waals surface area contributed by atoms with Crippen LogP contribution in [0.4, 0.5) is 0 Å². The monoisotopic (exact) mass is 130 g/mol. The van der Waals surface area contributed by atoms with E-state index in [1.54, 1.807) is 14.0 Å². The van der Waals surface area contributed by atoms with Gasteiger partial charge in [-0.05, 0) is 25.7 Å². The van der Waals surface area contributed by atoms with E-state index in [1.807, 2.05) is 0 Å². The Morgan fingerprint density at radius 1 is 1.56 bits per heavy atom. The smallest absolute Gasteiger partial charge is 0.0855 e. The fourth-order valence-corrected chi connectivity index (χ4v) is 1.21. The lowest BCUT2D eigenvalue weighted by molar-refractivity contribution is -0.0150. The van der Waals surface area contributed by atoms with Crippen molar-refractivity contribution in [3.63, 3.8) is 0 Å². The summed E-state index contributed by atoms with van der Waals surface area (Å²) in [7, 11) is 1.66. The average molecular weight is 130 g/mol. The van der Waals surface area contributed by atoms with Gasteiger partial charge in [0.2, 0.25) is 0 Å². The second-order valence-electron chi connectivity index (χ2n) is 2.78. The summed E-state index contributed by atoms with van der Waals surface area (Å²) >= 11 is 0. The maximum Gasteiger partial charge on any atom is 0.0855 e. The molecule has 0 aromatic carbocycles. The van der Waals surface area contributed by atoms with Crippen LogP contribution < -0.4 is 0 Å². The largest absolute Gasteiger partial charge is 0.391 e. The van der Waals surface area contributed by atoms with Gasteiger partial charge in [-0.2, -0.15) is 0 Å². The van der Waals surface area contributed by atoms with Crippen LogP contribution in [-0.2, 0) is 4.74 Å². The lowest BCUT2D eigenvalue weighted by Gasteiger charge is -2.16. The van der Waals surface area contributed by atoms with E-state index in [0.29, 0.717) is 5.92 Å². The Bertz CT molecular complexity index is 84.9. The Labute approximate surface area is 55.8 Å². The first-order chi connectivity index (χ1) is 4.25. The zero-order chi connectivity index (χ0) is 6.85. The van der Waals surface area contributed by atoms with Crippen molar-refractivity contribution >= 4 is 0 Å². The summed E-state index contributed by atoms with van der Waals surface area (Å²) in [6, 6.07) is 0. The quantitative estimate of drug-likeness (QED) is 0.612. The number of hydrogen-bond acceptors (Lipinski definition) is 2. The molecule has 1 N–H and O–H groups in total. The highest BCUT2D eigenvalue weighted by Gasteiger charge is 2.33. The van der Waals surface area contributed by atoms with Crippen molar-refractivity contribution in [2.75, 3.05) is 7.11 Å². The molecule has 1 fully saturated rings. The van der Waals surface area contributed by atoms with E-state index >= 15 is 0 Å². The molecule has 54 valence electrons. The fraction of sp³-hybridized carbons (Fsp3) is 1.00. The van der Waals surface area contributed by atoms with Gasteiger partial charge in [-0.3, -0.25) is 0 Å². The van der Waals surface area contributed by atoms with Crippen molar-refractivity contribution in [2.24, 2.45) is 5.92 Å². The predicted molar refractivity (Wildman–Crippen MR) is 35.2 cm³/mol. The van der Waals surface area contributed by atoms with Gasteiger partial charge < -0.3 is 9.84 Å². The van der Waals surface area contributed by atoms with Crippen molar-refractivity contribution in [3.05, 3.63) is 0 Å². The highest BCUT2D eigenvalue weighted by Crippen LogP contribution is 2.35. The summed E-state index contributed by atoms with van der Waals surface area (Å²) in [5, 5.41) is 9.10. The minimum absolute atomic E-state index is 0.0880. The van der Waals surface area contributed by atoms with Gasteiger partial charge in [-0.25, -0.2) is 0 Å². The molecular weight excluding hydrogens is 116 g/mol. The lowest BCUT2D eigenvalue weighted by Crippen LogP contribution is -2.26. The molecule has 0 saturated heterocycles. The standard InChI is InChI=1S/C7H14O2/c1-5(8)7(9-2)6-3-4-6/h5-8H,3-4H2,1-2H3. The Hall–Kier alpha value is -0.0800. The van der Waals surface area contributed by atoms with Crippen LogP contribution in [0, 0.1) is 5.92 Å². The maximum atomic E-state index is 9.10. The Morgan fingerprint density at radius 2 is 2.11 bits per heavy atom. The molecule has 2 heteroatoms. The molecule has 9 heavy (non-hydrogen) atoms. The van der Waals surface area contributed by atoms with Gasteiger partial charge in [-0.1, -0.05) is 0 Å². The molecule has 2 atom stereocenters. The molecule has 2 unspecified atom stereocenters. The molecule has 0 aromatic heterocycles. The minimum atomic E-state index is -0.303. The molecule has 0 radical (unpaired) electrons. The lowest BCUT2D eigenvalue weighted by atomic mass is 10.1. The van der Waals surface area contributed by atoms with E-state index in [4.69, 9.17) is 9.84 Å². The normalized spacial score (nSPS) is 25.7. The third kappa shape index (κ3) is 1.66. The summed E-state index contributed by atoms with van der Waals surface area (Å²) in [4.78, 5) is 0. The molecule has 1 aliphatic rings. The number of aliphatic hydroxyl groups is 1. The van der Waals surface area contributed by atoms with Gasteiger partial charge in [0.1, 0.15) is 0 Å². The van der Waals surface area contributed by atoms with E-state index in [0.717, 1.165) is 0 Å². The van der Waals surface area contributed by atoms with Crippen molar-refractivity contribution in [1.29, 1.82) is 0 Å². The van der Waals surface area contributed by atoms with Crippen LogP contribution in [0.2, 0.25) is 0 Å². The van der Waals surface area contributed by atoms with E-state index < -0.39 is 0 Å². The van der Waals surface area contributed by atoms with Crippen LogP contribution in [0.1, 0.15) is 19.8 Å². The molecule has 1 saturated carbocycles. The second kappa shape index (κ2) is 2.67. The number of hydrogen-bond donors (Lipinski definition) is 1. The zero-order valence-corrected chi connectivity index (χ0v) is 6.00. The van der Waals surface area contributed by atoms with Gasteiger partial charge in [0.05, 0.1) is 12.2 Å². The van der Waals surface area contributed by atoms with Crippen molar-refractivity contribution in [1.82, 2.24) is 0 Å². The van der Waals surface area contributed by atoms with E-state index in [-0.39, 0.29) is 12.2 Å². The number of ether oxygens (including phenoxy) is 1. The zero-order valence-electron chi connectivity index (χ0n) is 6.00. The van der Waals surface area contributed by atoms with Crippen LogP contribution in [0.5, 0.6) is 0 Å². The van der Waals surface area contributed by atoms with Crippen LogP contribution >= 0.6 is 0 Å². The minimum Gasteiger partial charge on any atom is -0.391 e. The summed E-state index contributed by atoms with van der Waals surface area (Å²) in [5.74, 6) is 0.634. The maximum absolute atomic E-state index is 9.10. The number of rotatable bonds is 3. The van der Waals surface area contributed by atoms with Gasteiger partial charge in [-0.15, -0.1) is 0 Å². The second-order valence-corrected chi connectivity index (χ2v) is 2.78. The van der Waals surface area contributed by atoms with Gasteiger partial charge >= 0.3 is 0 Å². The predicted octanol–water partition coefficient (Wildman–Crippen LogP) is 0.792. The first kappa shape index (κ1) is 7.03. The topological polar surface area (TPSA) is 29.5 Å². The highest BCUT2D eigenvalue weighted by atomic mass is 16.5. The Kier molecular flexibility index (Phi) is 2.09. The third-order valence-corrected chi connectivity index (χ3v) is 1.83. The van der Waals surface area contributed by atoms with Crippen molar-refractivity contribution in [2.45, 2.75) is 32.0 Å². The van der Waals surface area contributed by atoms with E-state index in [2.05, 4.69) is 0 Å². The fourth-order valence-electron chi connectivity index (χ4n) is 1.21. The summed E-state index contributed by atoms with van der Waals surface area (Å²) < 4.78 is 5.09. The summed E-state index contributed by atoms with van der Waals surface area (Å²) in [6.45, 7) is 1.78. The molecule has 1 rings (SSSR count). The Morgan fingerprint density at radius 3 is 2.22 bits per heavy atom. The first-order valence-electron chi connectivity index (χ1n) is 3.46. The number of aliphatic hydroxyl groups excluding tert-OH is 1. The molecule has 0 spiro atoms. The van der Waals surface area contributed by atoms with Crippen LogP contribution in [-0.4, -0.2) is 24.4 Å². The molecule has 2 nitrogen and oxygen atoms in total. The molecular formula is C7H14O2. The third-order valence-electron chi connectivity index (χ3n) is 1.83. The van der Waals surface area contributed by atoms with E-state index in [9.17, 15) is 0 Å². The van der Waals surface area contributed by atoms with Crippen LogP contribution in [0.3, 0.4) is 0 Å². The first-order valence-corrected chi connectivity index (χ1v) is 3.46. The molecule has 0 heterocycles. The molecule has 1 aliphatic carbocycles. The van der Waals surface area contributed by atoms with Gasteiger partial charge in [0.25, 0.3) is 0 Å². The Balaban J connectivity index is 2.28. The molecule has 0 amide bonds. The highest BCUT2D eigenvalue weighted by molar-refractivity contribution is 4.84. The summed E-state index contributed by atoms with van der Waals surface area (Å²) in [5.41, 5.74) is 0. The van der Waals surface area contributed by atoms with Gasteiger partial charge in [0.15, 0.2) is 0 Å². The van der Waals surface area contributed by atoms with E-state index in [1.165, 1.54) is 12.8 Å². The van der Waals surface area contributed by atoms with Gasteiger partial charge in [0, 0.05) is 7.11 Å². The summed E-state index contributed by atoms with van der Waals surface area (Å²) in [6.07, 6.45) is 2.24.